The summed E-state index contributed by atoms with van der Waals surface area (Å²) in [5.41, 5.74) is 3.37. The van der Waals surface area contributed by atoms with Gasteiger partial charge in [0.25, 0.3) is 16.7 Å². The zero-order valence-electron chi connectivity index (χ0n) is 59.6. The molecule has 15 aliphatic rings. The van der Waals surface area contributed by atoms with Crippen LogP contribution in [0.15, 0.2) is 100 Å². The maximum absolute atomic E-state index is 13.1. The number of imidazole rings is 3. The van der Waals surface area contributed by atoms with Gasteiger partial charge in [0.05, 0.1) is 31.0 Å². The Balaban J connectivity index is 0.000000107. The zero-order valence-corrected chi connectivity index (χ0v) is 60.3. The van der Waals surface area contributed by atoms with Gasteiger partial charge in [-0.1, -0.05) is 51.1 Å². The number of aliphatic hydroxyl groups is 1. The van der Waals surface area contributed by atoms with Crippen molar-refractivity contribution in [3.8, 4) is 0 Å². The largest absolute Gasteiger partial charge is 0.400 e. The van der Waals surface area contributed by atoms with Gasteiger partial charge in [-0.3, -0.25) is 24.2 Å². The maximum atomic E-state index is 13.1. The van der Waals surface area contributed by atoms with Crippen molar-refractivity contribution in [3.63, 3.8) is 0 Å². The fourth-order valence-corrected chi connectivity index (χ4v) is 23.8. The van der Waals surface area contributed by atoms with Crippen molar-refractivity contribution in [1.82, 2.24) is 93.8 Å². The molecule has 24 heteroatoms. The number of aliphatic hydroxyl groups excluding tert-OH is 1. The summed E-state index contributed by atoms with van der Waals surface area (Å²) in [6.07, 6.45) is 35.8. The number of hydrogen-bond donors (Lipinski definition) is 5. The lowest BCUT2D eigenvalue weighted by atomic mass is 9.49. The van der Waals surface area contributed by atoms with Crippen molar-refractivity contribution in [2.24, 2.45) is 71.0 Å². The van der Waals surface area contributed by atoms with Crippen LogP contribution in [0.2, 0.25) is 0 Å². The molecule has 3 aliphatic heterocycles. The molecule has 3 saturated heterocycles. The number of rotatable bonds is 11. The molecule has 12 bridgehead atoms. The average molecular weight is 1400 g/mol. The van der Waals surface area contributed by atoms with E-state index in [2.05, 4.69) is 101 Å². The van der Waals surface area contributed by atoms with Crippen LogP contribution < -0.4 is 22.0 Å². The predicted octanol–water partition coefficient (Wildman–Crippen LogP) is 10.1. The van der Waals surface area contributed by atoms with Crippen molar-refractivity contribution >= 4 is 28.2 Å². The van der Waals surface area contributed by atoms with Crippen LogP contribution >= 0.6 is 11.6 Å². The lowest BCUT2D eigenvalue weighted by Gasteiger charge is -2.56. The number of halogens is 1. The molecule has 24 rings (SSSR count). The first-order valence-corrected chi connectivity index (χ1v) is 38.9. The smallest absolute Gasteiger partial charge is 0.276 e. The highest BCUT2D eigenvalue weighted by Crippen LogP contribution is 2.63. The Hall–Kier alpha value is -7.44. The highest BCUT2D eigenvalue weighted by molar-refractivity contribution is 6.16. The number of likely N-dealkylation sites (tertiary alicyclic amines) is 2. The summed E-state index contributed by atoms with van der Waals surface area (Å²) in [6, 6.07) is 14.2. The first-order chi connectivity index (χ1) is 49.7. The fourth-order valence-electron chi connectivity index (χ4n) is 23.6. The molecule has 8 aromatic heterocycles. The minimum atomic E-state index is -0.0690. The Morgan fingerprint density at radius 3 is 1.10 bits per heavy atom. The van der Waals surface area contributed by atoms with Gasteiger partial charge in [-0.05, 0) is 211 Å². The first-order valence-electron chi connectivity index (χ1n) is 38.3. The van der Waals surface area contributed by atoms with Crippen LogP contribution in [0.4, 0.5) is 0 Å². The normalized spacial score (nSPS) is 34.4. The van der Waals surface area contributed by atoms with Gasteiger partial charge in [-0.2, -0.15) is 15.3 Å². The summed E-state index contributed by atoms with van der Waals surface area (Å²) in [5, 5.41) is 25.5. The van der Waals surface area contributed by atoms with Crippen LogP contribution in [0.3, 0.4) is 0 Å². The Morgan fingerprint density at radius 2 is 0.765 bits per heavy atom. The van der Waals surface area contributed by atoms with Crippen molar-refractivity contribution < 1.29 is 5.11 Å². The number of alkyl halides is 1. The summed E-state index contributed by atoms with van der Waals surface area (Å²) in [7, 11) is 1.00. The van der Waals surface area contributed by atoms with Gasteiger partial charge in [-0.25, -0.2) is 48.4 Å². The topological polar surface area (TPSA) is 279 Å². The molecule has 538 valence electrons. The van der Waals surface area contributed by atoms with Gasteiger partial charge in [0.1, 0.15) is 46.6 Å². The van der Waals surface area contributed by atoms with E-state index in [9.17, 15) is 14.4 Å². The second kappa shape index (κ2) is 27.6. The molecule has 6 atom stereocenters. The lowest BCUT2D eigenvalue weighted by Crippen LogP contribution is -2.49. The minimum absolute atomic E-state index is 0.0439. The van der Waals surface area contributed by atoms with Crippen LogP contribution in [-0.2, 0) is 35.2 Å². The van der Waals surface area contributed by atoms with E-state index >= 15 is 0 Å². The van der Waals surface area contributed by atoms with Crippen LogP contribution in [0.1, 0.15) is 206 Å². The summed E-state index contributed by atoms with van der Waals surface area (Å²) >= 11 is 5.40. The molecule has 6 unspecified atom stereocenters. The van der Waals surface area contributed by atoms with Crippen molar-refractivity contribution in [1.29, 1.82) is 0 Å². The number of aromatic amines is 3. The van der Waals surface area contributed by atoms with Gasteiger partial charge in [0, 0.05) is 105 Å². The molecule has 0 amide bonds. The highest BCUT2D eigenvalue weighted by atomic mass is 35.5. The molecular weight excluding hydrogens is 1300 g/mol. The molecule has 15 fully saturated rings. The van der Waals surface area contributed by atoms with Gasteiger partial charge in [0.2, 0.25) is 0 Å². The van der Waals surface area contributed by atoms with Gasteiger partial charge in [-0.15, -0.1) is 11.6 Å². The molecular formula is C78H100ClN19O4. The van der Waals surface area contributed by atoms with E-state index in [1.165, 1.54) is 121 Å². The molecule has 23 nitrogen and oxygen atoms in total. The second-order valence-corrected chi connectivity index (χ2v) is 34.3. The summed E-state index contributed by atoms with van der Waals surface area (Å²) < 4.78 is 5.80. The third-order valence-corrected chi connectivity index (χ3v) is 27.0. The number of nitrogens with zero attached hydrogens (tertiary/aromatic N) is 15. The summed E-state index contributed by atoms with van der Waals surface area (Å²) in [6.45, 7) is 14.0. The molecule has 0 radical (unpaired) electrons. The van der Waals surface area contributed by atoms with Gasteiger partial charge < -0.3 is 25.4 Å². The Kier molecular flexibility index (Phi) is 18.3. The van der Waals surface area contributed by atoms with Crippen molar-refractivity contribution in [2.45, 2.75) is 189 Å². The van der Waals surface area contributed by atoms with Crippen LogP contribution in [0.25, 0.3) is 16.6 Å². The third-order valence-electron chi connectivity index (χ3n) is 26.7. The first kappa shape index (κ1) is 67.7. The maximum Gasteiger partial charge on any atom is 0.276 e. The van der Waals surface area contributed by atoms with Crippen molar-refractivity contribution in [3.05, 3.63) is 169 Å². The highest BCUT2D eigenvalue weighted by Gasteiger charge is 2.57. The average Bonchev–Trinajstić information content (AvgIpc) is 1.40. The Morgan fingerprint density at radius 1 is 0.422 bits per heavy atom. The number of nitrogens with one attached hydrogen (secondary N) is 4. The van der Waals surface area contributed by atoms with E-state index in [0.29, 0.717) is 46.0 Å². The van der Waals surface area contributed by atoms with E-state index in [1.807, 2.05) is 19.6 Å². The summed E-state index contributed by atoms with van der Waals surface area (Å²) in [5.74, 6) is 17.1. The quantitative estimate of drug-likeness (QED) is 0.0753. The van der Waals surface area contributed by atoms with E-state index < -0.39 is 0 Å². The number of fused-ring (bicyclic) bond motifs is 3. The predicted molar refractivity (Wildman–Crippen MR) is 388 cm³/mol. The molecule has 12 saturated carbocycles. The van der Waals surface area contributed by atoms with Crippen LogP contribution in [-0.4, -0.2) is 140 Å². The molecule has 12 aliphatic carbocycles. The Bertz CT molecular complexity index is 4350. The molecule has 102 heavy (non-hydrogen) atoms. The standard InChI is InChI=1S/C27H33N5O.C25H31N7O.C20H27N5O.C5H5ClN2.CH4O/c1-17-14-31(15-18-5-3-2-4-6-18)16-22(17)24-29-25(33)23-13-28-26(32(23)30-24)27-10-19-7-20(11-27)9-21(8-19)12-27;1-15-12-31(14-21-26-3-2-4-27-21)13-19(15)22-29-23(33)20-11-28-24(32(20)30-22)25-8-16-5-17(9-25)7-18(6-16)10-25;1-11-8-21-9-15(11)17-23-18(26)16-10-22-19(25(16)24-17)20-5-12-2-13(6-20)4-14(3-12)7-20;6-4-5-7-2-1-3-8-5;1-2/h2-6,13,17,19-22H,7-12,14-16H2,1H3,(H,29,30,33);2-4,11,15-19H,5-10,12-14H2,1H3,(H,29,30,33);10-15,21H,2-9H2,1H3,(H,23,24,26);1-3H,4H2;2H,1H3. The van der Waals surface area contributed by atoms with E-state index in [4.69, 9.17) is 47.0 Å². The van der Waals surface area contributed by atoms with Crippen LogP contribution in [0.5, 0.6) is 0 Å². The number of benzene rings is 1. The zero-order chi connectivity index (χ0) is 69.6. The number of aromatic nitrogens is 16. The van der Waals surface area contributed by atoms with Gasteiger partial charge >= 0.3 is 0 Å². The fraction of sp³-hybridized carbons (Fsp3) is 0.628. The molecule has 11 heterocycles. The lowest BCUT2D eigenvalue weighted by molar-refractivity contribution is -0.0102. The number of hydrogen-bond acceptors (Lipinski definition) is 17. The third kappa shape index (κ3) is 12.8. The molecule has 9 aromatic rings. The number of H-pyrrole nitrogens is 3. The van der Waals surface area contributed by atoms with E-state index in [0.717, 1.165) is 153 Å². The van der Waals surface area contributed by atoms with Crippen LogP contribution in [0, 0.1) is 71.0 Å². The SMILES string of the molecule is CC1CN(Cc2ccccc2)CC1c1nn2c(C34CC5CC(CC(C5)C3)C4)ncc2c(=O)[nH]1.CC1CN(Cc2ncccn2)CC1c1nn2c(C34CC5CC(CC(C5)C3)C4)ncc2c(=O)[nH]1.CC1CNCC1c1nn2c(C34CC5CC(CC(C5)C3)C4)ncc2c(=O)[nH]1.CO.ClCc1ncccn1. The molecule has 0 spiro atoms. The Labute approximate surface area is 599 Å². The summed E-state index contributed by atoms with van der Waals surface area (Å²) in [4.78, 5) is 84.1. The molecule has 5 N–H and O–H groups in total. The second-order valence-electron chi connectivity index (χ2n) is 34.0. The van der Waals surface area contributed by atoms with Crippen molar-refractivity contribution in [2.75, 3.05) is 46.4 Å². The monoisotopic (exact) mass is 1400 g/mol. The van der Waals surface area contributed by atoms with E-state index in [-0.39, 0.29) is 50.7 Å². The van der Waals surface area contributed by atoms with E-state index in [1.54, 1.807) is 49.4 Å². The molecule has 1 aromatic carbocycles. The minimum Gasteiger partial charge on any atom is -0.400 e. The van der Waals surface area contributed by atoms with Gasteiger partial charge in [0.15, 0.2) is 16.6 Å².